The summed E-state index contributed by atoms with van der Waals surface area (Å²) in [5, 5.41) is 9.76. The Kier molecular flexibility index (Phi) is 11.4. The number of hydrogen-bond acceptors (Lipinski definition) is 1. The molecule has 0 radical (unpaired) electrons. The molecule has 0 fully saturated rings. The first-order valence-electron chi connectivity index (χ1n) is 9.98. The predicted molar refractivity (Wildman–Crippen MR) is 115 cm³/mol. The first kappa shape index (κ1) is 22.5. The molecule has 2 nitrogen and oxygen atoms in total. The number of carboxylic acids is 1. The lowest BCUT2D eigenvalue weighted by Gasteiger charge is -2.27. The molecule has 1 aromatic rings. The van der Waals surface area contributed by atoms with E-state index in [-0.39, 0.29) is 0 Å². The number of halogens is 1. The SMILES string of the molecule is CCCCCCCCCCCC(C)CC(I)(C(=O)O)c1ccccc1. The molecule has 3 heteroatoms. The maximum absolute atomic E-state index is 11.9. The zero-order valence-electron chi connectivity index (χ0n) is 16.0. The molecule has 1 aromatic carbocycles. The Morgan fingerprint density at radius 2 is 1.52 bits per heavy atom. The van der Waals surface area contributed by atoms with Gasteiger partial charge in [0.05, 0.1) is 0 Å². The average Bonchev–Trinajstić information content (AvgIpc) is 2.60. The molecular weight excluding hydrogens is 423 g/mol. The van der Waals surface area contributed by atoms with Gasteiger partial charge in [-0.15, -0.1) is 0 Å². The van der Waals surface area contributed by atoms with Crippen LogP contribution in [-0.2, 0) is 8.22 Å². The van der Waals surface area contributed by atoms with Gasteiger partial charge in [-0.25, -0.2) is 0 Å². The molecule has 2 unspecified atom stereocenters. The highest BCUT2D eigenvalue weighted by Crippen LogP contribution is 2.39. The molecular formula is C22H35IO2. The van der Waals surface area contributed by atoms with Crippen molar-refractivity contribution in [2.45, 2.75) is 87.9 Å². The van der Waals surface area contributed by atoms with Crippen LogP contribution in [0.5, 0.6) is 0 Å². The first-order valence-corrected chi connectivity index (χ1v) is 11.1. The third kappa shape index (κ3) is 8.57. The monoisotopic (exact) mass is 458 g/mol. The molecule has 0 aliphatic carbocycles. The average molecular weight is 458 g/mol. The fraction of sp³-hybridized carbons (Fsp3) is 0.682. The predicted octanol–water partition coefficient (Wildman–Crippen LogP) is 7.35. The minimum absolute atomic E-state index is 0.428. The van der Waals surface area contributed by atoms with E-state index in [2.05, 4.69) is 36.4 Å². The number of rotatable bonds is 14. The van der Waals surface area contributed by atoms with Crippen LogP contribution in [0, 0.1) is 5.92 Å². The van der Waals surface area contributed by atoms with E-state index in [4.69, 9.17) is 0 Å². The number of unbranched alkanes of at least 4 members (excludes halogenated alkanes) is 8. The second-order valence-corrected chi connectivity index (χ2v) is 9.24. The fourth-order valence-corrected chi connectivity index (χ4v) is 4.53. The van der Waals surface area contributed by atoms with E-state index in [9.17, 15) is 9.90 Å². The van der Waals surface area contributed by atoms with Crippen LogP contribution in [-0.4, -0.2) is 11.1 Å². The van der Waals surface area contributed by atoms with Gasteiger partial charge in [-0.3, -0.25) is 4.79 Å². The number of alkyl halides is 1. The van der Waals surface area contributed by atoms with Crippen molar-refractivity contribution >= 4 is 28.6 Å². The Morgan fingerprint density at radius 3 is 2.04 bits per heavy atom. The highest BCUT2D eigenvalue weighted by molar-refractivity contribution is 14.1. The van der Waals surface area contributed by atoms with E-state index in [1.54, 1.807) is 0 Å². The van der Waals surface area contributed by atoms with Crippen LogP contribution in [0.15, 0.2) is 30.3 Å². The maximum Gasteiger partial charge on any atom is 0.324 e. The Labute approximate surface area is 167 Å². The van der Waals surface area contributed by atoms with Crippen molar-refractivity contribution in [3.8, 4) is 0 Å². The van der Waals surface area contributed by atoms with Crippen molar-refractivity contribution in [2.24, 2.45) is 5.92 Å². The van der Waals surface area contributed by atoms with E-state index < -0.39 is 9.39 Å². The number of carbonyl (C=O) groups is 1. The Bertz CT molecular complexity index is 474. The van der Waals surface area contributed by atoms with Gasteiger partial charge in [0.2, 0.25) is 0 Å². The van der Waals surface area contributed by atoms with Gasteiger partial charge in [-0.05, 0) is 17.9 Å². The summed E-state index contributed by atoms with van der Waals surface area (Å²) in [6.45, 7) is 4.46. The van der Waals surface area contributed by atoms with Crippen LogP contribution in [0.4, 0.5) is 0 Å². The normalized spacial score (nSPS) is 14.8. The summed E-state index contributed by atoms with van der Waals surface area (Å²) in [7, 11) is 0. The number of carboxylic acid groups (broad SMARTS) is 1. The molecule has 1 rings (SSSR count). The third-order valence-electron chi connectivity index (χ3n) is 5.00. The zero-order valence-corrected chi connectivity index (χ0v) is 18.1. The van der Waals surface area contributed by atoms with Gasteiger partial charge >= 0.3 is 5.97 Å². The van der Waals surface area contributed by atoms with Crippen molar-refractivity contribution in [1.29, 1.82) is 0 Å². The highest BCUT2D eigenvalue weighted by Gasteiger charge is 2.38. The molecule has 0 aliphatic heterocycles. The minimum Gasteiger partial charge on any atom is -0.480 e. The van der Waals surface area contributed by atoms with E-state index in [1.165, 1.54) is 57.8 Å². The summed E-state index contributed by atoms with van der Waals surface area (Å²) in [5.74, 6) is -0.295. The van der Waals surface area contributed by atoms with Crippen LogP contribution < -0.4 is 0 Å². The quantitative estimate of drug-likeness (QED) is 0.180. The molecule has 0 saturated carbocycles. The van der Waals surface area contributed by atoms with E-state index in [0.717, 1.165) is 12.0 Å². The number of hydrogen-bond donors (Lipinski definition) is 1. The second-order valence-electron chi connectivity index (χ2n) is 7.40. The summed E-state index contributed by atoms with van der Waals surface area (Å²) in [4.78, 5) is 11.9. The molecule has 2 atom stereocenters. The molecule has 0 aliphatic rings. The lowest BCUT2D eigenvalue weighted by Crippen LogP contribution is -2.31. The Hall–Kier alpha value is -0.580. The van der Waals surface area contributed by atoms with Crippen molar-refractivity contribution in [1.82, 2.24) is 0 Å². The van der Waals surface area contributed by atoms with Crippen molar-refractivity contribution in [2.75, 3.05) is 0 Å². The van der Waals surface area contributed by atoms with Crippen LogP contribution >= 0.6 is 22.6 Å². The topological polar surface area (TPSA) is 37.3 Å². The molecule has 25 heavy (non-hydrogen) atoms. The van der Waals surface area contributed by atoms with Crippen molar-refractivity contribution in [3.05, 3.63) is 35.9 Å². The van der Waals surface area contributed by atoms with Crippen LogP contribution in [0.1, 0.15) is 90.0 Å². The van der Waals surface area contributed by atoms with E-state index >= 15 is 0 Å². The molecule has 0 aromatic heterocycles. The summed E-state index contributed by atoms with van der Waals surface area (Å²) < 4.78 is -0.808. The van der Waals surface area contributed by atoms with Gasteiger partial charge in [0.1, 0.15) is 3.42 Å². The largest absolute Gasteiger partial charge is 0.480 e. The third-order valence-corrected chi connectivity index (χ3v) is 6.53. The Morgan fingerprint density at radius 1 is 1.00 bits per heavy atom. The maximum atomic E-state index is 11.9. The molecule has 0 amide bonds. The summed E-state index contributed by atoms with van der Waals surface area (Å²) in [6.07, 6.45) is 13.8. The van der Waals surface area contributed by atoms with Gasteiger partial charge in [-0.1, -0.05) is 131 Å². The first-order chi connectivity index (χ1) is 12.0. The molecule has 0 saturated heterocycles. The van der Waals surface area contributed by atoms with Gasteiger partial charge < -0.3 is 5.11 Å². The van der Waals surface area contributed by atoms with Gasteiger partial charge in [0, 0.05) is 0 Å². The van der Waals surface area contributed by atoms with Crippen molar-refractivity contribution in [3.63, 3.8) is 0 Å². The van der Waals surface area contributed by atoms with Crippen LogP contribution in [0.25, 0.3) is 0 Å². The summed E-state index contributed by atoms with van der Waals surface area (Å²) >= 11 is 2.14. The number of aliphatic carboxylic acids is 1. The van der Waals surface area contributed by atoms with Gasteiger partial charge in [0.25, 0.3) is 0 Å². The molecule has 0 spiro atoms. The molecule has 0 heterocycles. The van der Waals surface area contributed by atoms with Crippen LogP contribution in [0.3, 0.4) is 0 Å². The van der Waals surface area contributed by atoms with Crippen LogP contribution in [0.2, 0.25) is 0 Å². The molecule has 0 bridgehead atoms. The van der Waals surface area contributed by atoms with Gasteiger partial charge in [-0.2, -0.15) is 0 Å². The van der Waals surface area contributed by atoms with E-state index in [0.29, 0.717) is 12.3 Å². The summed E-state index contributed by atoms with van der Waals surface area (Å²) in [5.41, 5.74) is 0.905. The second kappa shape index (κ2) is 12.7. The lowest BCUT2D eigenvalue weighted by molar-refractivity contribution is -0.140. The number of benzene rings is 1. The lowest BCUT2D eigenvalue weighted by atomic mass is 9.87. The fourth-order valence-electron chi connectivity index (χ4n) is 3.42. The van der Waals surface area contributed by atoms with Crippen molar-refractivity contribution < 1.29 is 9.90 Å². The molecule has 1 N–H and O–H groups in total. The summed E-state index contributed by atoms with van der Waals surface area (Å²) in [6, 6.07) is 9.67. The molecule has 142 valence electrons. The van der Waals surface area contributed by atoms with Gasteiger partial charge in [0.15, 0.2) is 0 Å². The standard InChI is InChI=1S/C22H35IO2/c1-3-4-5-6-7-8-9-10-12-15-19(2)18-22(23,21(24)25)20-16-13-11-14-17-20/h11,13-14,16-17,19H,3-10,12,15,18H2,1-2H3,(H,24,25). The van der Waals surface area contributed by atoms with E-state index in [1.807, 2.05) is 30.3 Å². The smallest absolute Gasteiger partial charge is 0.324 e. The highest BCUT2D eigenvalue weighted by atomic mass is 127. The Balaban J connectivity index is 2.28. The minimum atomic E-state index is -0.808. The zero-order chi connectivity index (χ0) is 18.5.